The standard InChI is InChI=1S/C45H75NO12/c1-28-15-18-34(48)23-35-13-12-14-36(57-35)24-39(53-9)45(26-56-45)40(54-10)25-38(52-8)32(5)44(58-41(50)20-16-28)33(6)42(51)29(2)17-19-37(49)31(4)43(55-11)30(3)21-22-46(7)27-47/h12-13,15-16,20-22,27,29-40,42-44,48-49,51H,14,17-19,23-26H2,1-11H3/b20-16+,22-21+,28-15?/t29-,30+,31-,32-,33-,34-,35-,36-,37?,38+,39-,40-,42-,43+,44-,45-/m0/s1. The van der Waals surface area contributed by atoms with Crippen molar-refractivity contribution in [3.63, 3.8) is 0 Å². The SMILES string of the molecule is CO[C@H]([C@H](C)/C=C/N(C)C=O)[C@@H](C)C(O)CC[C@H](C)[C@H](O)[C@H](C)[C@H]1OC(=O)/C=C/C(C)=CC[C@H](O)C[C@@H]2C=CC[C@@H](C[C@H](OC)[C@@]3(CO3)[C@@H](OC)C[C@@H](OC)[C@@H]1C)O2. The van der Waals surface area contributed by atoms with Crippen LogP contribution in [0, 0.1) is 29.6 Å². The highest BCUT2D eigenvalue weighted by molar-refractivity contribution is 5.82. The predicted octanol–water partition coefficient (Wildman–Crippen LogP) is 5.16. The molecule has 1 saturated heterocycles. The first-order valence-electron chi connectivity index (χ1n) is 21.1. The number of hydrogen-bond acceptors (Lipinski definition) is 12. The van der Waals surface area contributed by atoms with Crippen LogP contribution in [0.1, 0.15) is 86.5 Å². The van der Waals surface area contributed by atoms with Gasteiger partial charge in [0.1, 0.15) is 11.7 Å². The molecule has 0 saturated carbocycles. The van der Waals surface area contributed by atoms with E-state index in [0.29, 0.717) is 45.1 Å². The predicted molar refractivity (Wildman–Crippen MR) is 222 cm³/mol. The quantitative estimate of drug-likeness (QED) is 0.0812. The number of rotatable bonds is 16. The minimum Gasteiger partial charge on any atom is -0.458 e. The van der Waals surface area contributed by atoms with Gasteiger partial charge in [0, 0.05) is 90.7 Å². The smallest absolute Gasteiger partial charge is 0.331 e. The van der Waals surface area contributed by atoms with E-state index in [4.69, 9.17) is 33.2 Å². The molecule has 58 heavy (non-hydrogen) atoms. The first-order valence-corrected chi connectivity index (χ1v) is 21.1. The van der Waals surface area contributed by atoms with E-state index < -0.39 is 54.1 Å². The molecule has 13 nitrogen and oxygen atoms in total. The fourth-order valence-electron chi connectivity index (χ4n) is 8.80. The average molecular weight is 822 g/mol. The summed E-state index contributed by atoms with van der Waals surface area (Å²) in [6.07, 6.45) is 11.9. The van der Waals surface area contributed by atoms with E-state index >= 15 is 0 Å². The molecule has 2 bridgehead atoms. The molecule has 3 aliphatic rings. The van der Waals surface area contributed by atoms with Crippen molar-refractivity contribution in [2.75, 3.05) is 42.1 Å². The molecule has 0 aromatic heterocycles. The zero-order valence-corrected chi connectivity index (χ0v) is 36.9. The molecule has 332 valence electrons. The third-order valence-corrected chi connectivity index (χ3v) is 12.8. The lowest BCUT2D eigenvalue weighted by atomic mass is 9.78. The highest BCUT2D eigenvalue weighted by atomic mass is 16.6. The molecular weight excluding hydrogens is 746 g/mol. The summed E-state index contributed by atoms with van der Waals surface area (Å²) in [7, 11) is 8.21. The molecule has 1 unspecified atom stereocenters. The Morgan fingerprint density at radius 2 is 1.66 bits per heavy atom. The lowest BCUT2D eigenvalue weighted by Crippen LogP contribution is -2.50. The Morgan fingerprint density at radius 3 is 2.26 bits per heavy atom. The molecular formula is C45H75NO12. The number of aliphatic hydroxyl groups is 3. The van der Waals surface area contributed by atoms with Crippen LogP contribution in [-0.4, -0.2) is 141 Å². The van der Waals surface area contributed by atoms with Crippen LogP contribution in [0.2, 0.25) is 0 Å². The summed E-state index contributed by atoms with van der Waals surface area (Å²) in [5.41, 5.74) is 0.0593. The second-order valence-electron chi connectivity index (χ2n) is 17.1. The number of ether oxygens (including phenoxy) is 7. The minimum absolute atomic E-state index is 0.0676. The van der Waals surface area contributed by atoms with E-state index in [0.717, 1.165) is 18.4 Å². The number of methoxy groups -OCH3 is 4. The Bertz CT molecular complexity index is 1360. The van der Waals surface area contributed by atoms with Gasteiger partial charge < -0.3 is 53.4 Å². The highest BCUT2D eigenvalue weighted by Gasteiger charge is 2.59. The van der Waals surface area contributed by atoms with E-state index in [9.17, 15) is 24.9 Å². The number of hydrogen-bond donors (Lipinski definition) is 3. The Kier molecular flexibility index (Phi) is 20.7. The van der Waals surface area contributed by atoms with Gasteiger partial charge in [-0.1, -0.05) is 70.6 Å². The third kappa shape index (κ3) is 14.1. The largest absolute Gasteiger partial charge is 0.458 e. The van der Waals surface area contributed by atoms with Crippen LogP contribution in [0.15, 0.2) is 48.2 Å². The molecule has 16 atom stereocenters. The summed E-state index contributed by atoms with van der Waals surface area (Å²) < 4.78 is 43.0. The van der Waals surface area contributed by atoms with Crippen molar-refractivity contribution in [3.8, 4) is 0 Å². The number of aliphatic hydroxyl groups excluding tert-OH is 3. The zero-order valence-electron chi connectivity index (χ0n) is 36.9. The summed E-state index contributed by atoms with van der Waals surface area (Å²) in [6, 6.07) is 0. The van der Waals surface area contributed by atoms with Gasteiger partial charge in [0.05, 0.1) is 61.5 Å². The summed E-state index contributed by atoms with van der Waals surface area (Å²) >= 11 is 0. The average Bonchev–Trinajstić information content (AvgIpc) is 4.02. The number of epoxide rings is 1. The van der Waals surface area contributed by atoms with Crippen LogP contribution in [0.4, 0.5) is 0 Å². The first kappa shape index (κ1) is 49.9. The fraction of sp³-hybridized carbons (Fsp3) is 0.778. The number of carbonyl (C=O) groups is 2. The molecule has 3 N–H and O–H groups in total. The van der Waals surface area contributed by atoms with Gasteiger partial charge in [-0.3, -0.25) is 4.79 Å². The molecule has 13 heteroatoms. The Morgan fingerprint density at radius 1 is 0.983 bits per heavy atom. The Balaban J connectivity index is 1.86. The molecule has 3 aliphatic heterocycles. The lowest BCUT2D eigenvalue weighted by Gasteiger charge is -2.39. The topological polar surface area (TPSA) is 166 Å². The monoisotopic (exact) mass is 822 g/mol. The van der Waals surface area contributed by atoms with Gasteiger partial charge in [-0.2, -0.15) is 0 Å². The minimum atomic E-state index is -0.889. The summed E-state index contributed by atoms with van der Waals surface area (Å²) in [4.78, 5) is 26.0. The molecule has 1 amide bonds. The molecule has 0 aromatic carbocycles. The summed E-state index contributed by atoms with van der Waals surface area (Å²) in [5, 5.41) is 34.0. The zero-order chi connectivity index (χ0) is 43.2. The molecule has 0 aliphatic carbocycles. The van der Waals surface area contributed by atoms with Crippen LogP contribution < -0.4 is 0 Å². The second kappa shape index (κ2) is 24.1. The Hall–Kier alpha value is -2.46. The Labute approximate surface area is 347 Å². The van der Waals surface area contributed by atoms with Crippen LogP contribution in [0.5, 0.6) is 0 Å². The second-order valence-corrected chi connectivity index (χ2v) is 17.1. The number of nitrogens with zero attached hydrogens (tertiary/aromatic N) is 1. The number of amides is 1. The van der Waals surface area contributed by atoms with E-state index in [1.54, 1.807) is 47.8 Å². The van der Waals surface area contributed by atoms with Crippen molar-refractivity contribution in [2.45, 2.75) is 153 Å². The number of allylic oxidation sites excluding steroid dienone is 2. The maximum absolute atomic E-state index is 13.5. The van der Waals surface area contributed by atoms with Crippen molar-refractivity contribution in [1.29, 1.82) is 0 Å². The van der Waals surface area contributed by atoms with Crippen LogP contribution in [0.3, 0.4) is 0 Å². The maximum atomic E-state index is 13.5. The van der Waals surface area contributed by atoms with Crippen LogP contribution in [0.25, 0.3) is 0 Å². The van der Waals surface area contributed by atoms with Crippen molar-refractivity contribution in [3.05, 3.63) is 48.2 Å². The molecule has 3 rings (SSSR count). The van der Waals surface area contributed by atoms with E-state index in [1.165, 1.54) is 11.0 Å². The maximum Gasteiger partial charge on any atom is 0.331 e. The van der Waals surface area contributed by atoms with Crippen LogP contribution in [-0.2, 0) is 42.7 Å². The van der Waals surface area contributed by atoms with Gasteiger partial charge in [0.15, 0.2) is 0 Å². The third-order valence-electron chi connectivity index (χ3n) is 12.8. The fourth-order valence-corrected chi connectivity index (χ4v) is 8.80. The summed E-state index contributed by atoms with van der Waals surface area (Å²) in [5.74, 6) is -2.02. The van der Waals surface area contributed by atoms with Crippen LogP contribution >= 0.6 is 0 Å². The molecule has 3 heterocycles. The van der Waals surface area contributed by atoms with E-state index in [-0.39, 0.29) is 48.1 Å². The number of esters is 1. The van der Waals surface area contributed by atoms with Crippen molar-refractivity contribution >= 4 is 12.4 Å². The van der Waals surface area contributed by atoms with Gasteiger partial charge in [-0.05, 0) is 38.5 Å². The molecule has 1 spiro atoms. The van der Waals surface area contributed by atoms with Gasteiger partial charge >= 0.3 is 5.97 Å². The number of fused-ring (bicyclic) bond motifs is 2. The van der Waals surface area contributed by atoms with Crippen molar-refractivity contribution in [2.24, 2.45) is 29.6 Å². The normalized spacial score (nSPS) is 34.5. The first-order chi connectivity index (χ1) is 27.5. The van der Waals surface area contributed by atoms with Gasteiger partial charge in [-0.25, -0.2) is 4.79 Å². The van der Waals surface area contributed by atoms with Crippen molar-refractivity contribution in [1.82, 2.24) is 4.90 Å². The molecule has 1 fully saturated rings. The highest BCUT2D eigenvalue weighted by Crippen LogP contribution is 2.43. The lowest BCUT2D eigenvalue weighted by molar-refractivity contribution is -0.159. The number of cyclic esters (lactones) is 1. The number of carbonyl (C=O) groups excluding carboxylic acids is 2. The van der Waals surface area contributed by atoms with E-state index in [1.807, 2.05) is 59.8 Å². The van der Waals surface area contributed by atoms with Gasteiger partial charge in [-0.15, -0.1) is 0 Å². The molecule has 0 aromatic rings. The van der Waals surface area contributed by atoms with Gasteiger partial charge in [0.2, 0.25) is 6.41 Å². The van der Waals surface area contributed by atoms with E-state index in [2.05, 4.69) is 6.08 Å². The van der Waals surface area contributed by atoms with Crippen molar-refractivity contribution < 1.29 is 58.1 Å². The van der Waals surface area contributed by atoms with Gasteiger partial charge in [0.25, 0.3) is 0 Å². The molecule has 0 radical (unpaired) electrons. The summed E-state index contributed by atoms with van der Waals surface area (Å²) in [6.45, 7) is 12.0.